The Hall–Kier alpha value is -1.37. The van der Waals surface area contributed by atoms with E-state index in [0.29, 0.717) is 15.0 Å². The summed E-state index contributed by atoms with van der Waals surface area (Å²) in [6, 6.07) is 17.5. The van der Waals surface area contributed by atoms with Gasteiger partial charge in [-0.15, -0.1) is 0 Å². The molecule has 2 aromatic carbocycles. The van der Waals surface area contributed by atoms with Crippen molar-refractivity contribution >= 4 is 25.5 Å². The third-order valence-corrected chi connectivity index (χ3v) is 5.73. The monoisotopic (exact) mass is 318 g/mol. The zero-order chi connectivity index (χ0) is 13.1. The molecule has 2 heteroatoms. The van der Waals surface area contributed by atoms with E-state index in [0.717, 1.165) is 11.5 Å². The van der Waals surface area contributed by atoms with E-state index < -0.39 is 0 Å². The number of hydrogen-bond acceptors (Lipinski definition) is 0. The van der Waals surface area contributed by atoms with Crippen molar-refractivity contribution in [3.05, 3.63) is 71.6 Å². The molecule has 1 aliphatic carbocycles. The van der Waals surface area contributed by atoms with Gasteiger partial charge < -0.3 is 0 Å². The van der Waals surface area contributed by atoms with Crippen molar-refractivity contribution in [2.24, 2.45) is 5.92 Å². The van der Waals surface area contributed by atoms with Gasteiger partial charge in [-0.1, -0.05) is 0 Å². The van der Waals surface area contributed by atoms with E-state index in [-0.39, 0.29) is 5.82 Å². The van der Waals surface area contributed by atoms with E-state index in [9.17, 15) is 4.39 Å². The quantitative estimate of drug-likeness (QED) is 0.755. The van der Waals surface area contributed by atoms with Gasteiger partial charge in [-0.05, 0) is 0 Å². The van der Waals surface area contributed by atoms with Crippen molar-refractivity contribution in [2.45, 2.75) is 11.7 Å². The summed E-state index contributed by atoms with van der Waals surface area (Å²) in [7, 11) is 0. The Bertz CT molecular complexity index is 572. The third kappa shape index (κ3) is 3.56. The van der Waals surface area contributed by atoms with Gasteiger partial charge >= 0.3 is 119 Å². The summed E-state index contributed by atoms with van der Waals surface area (Å²) < 4.78 is 14.3. The van der Waals surface area contributed by atoms with Crippen LogP contribution in [0.25, 0.3) is 6.08 Å². The Morgan fingerprint density at radius 1 is 1.05 bits per heavy atom. The Balaban J connectivity index is 1.55. The third-order valence-electron chi connectivity index (χ3n) is 3.26. The minimum absolute atomic E-state index is 0.165. The second-order valence-corrected chi connectivity index (χ2v) is 7.09. The van der Waals surface area contributed by atoms with Crippen LogP contribution in [0.5, 0.6) is 0 Å². The fourth-order valence-corrected chi connectivity index (χ4v) is 4.31. The average Bonchev–Trinajstić information content (AvgIpc) is 3.19. The van der Waals surface area contributed by atoms with Gasteiger partial charge in [0.15, 0.2) is 0 Å². The van der Waals surface area contributed by atoms with Crippen molar-refractivity contribution in [3.8, 4) is 0 Å². The van der Waals surface area contributed by atoms with E-state index in [1.54, 1.807) is 0 Å². The second kappa shape index (κ2) is 5.73. The molecule has 0 saturated heterocycles. The van der Waals surface area contributed by atoms with E-state index in [1.165, 1.54) is 33.9 Å². The predicted molar refractivity (Wildman–Crippen MR) is 79.1 cm³/mol. The fourth-order valence-electron chi connectivity index (χ4n) is 2.05. The Morgan fingerprint density at radius 3 is 2.53 bits per heavy atom. The molecule has 19 heavy (non-hydrogen) atoms. The minimum atomic E-state index is -0.165. The van der Waals surface area contributed by atoms with Crippen molar-refractivity contribution in [1.82, 2.24) is 0 Å². The molecule has 1 atom stereocenters. The van der Waals surface area contributed by atoms with E-state index >= 15 is 0 Å². The van der Waals surface area contributed by atoms with Crippen molar-refractivity contribution < 1.29 is 4.39 Å². The number of hydrogen-bond donors (Lipinski definition) is 0. The molecule has 1 fully saturated rings. The molecule has 0 aliphatic heterocycles. The van der Waals surface area contributed by atoms with Crippen LogP contribution in [0.4, 0.5) is 4.39 Å². The Labute approximate surface area is 119 Å². The maximum atomic E-state index is 12.8. The number of benzene rings is 2. The van der Waals surface area contributed by atoms with Gasteiger partial charge in [0.1, 0.15) is 0 Å². The topological polar surface area (TPSA) is 0 Å². The van der Waals surface area contributed by atoms with Gasteiger partial charge in [0.05, 0.1) is 0 Å². The maximum absolute atomic E-state index is 12.8. The van der Waals surface area contributed by atoms with Crippen LogP contribution in [0.15, 0.2) is 60.2 Å². The molecule has 0 nitrogen and oxygen atoms in total. The molecule has 0 aromatic heterocycles. The van der Waals surface area contributed by atoms with Gasteiger partial charge in [0.25, 0.3) is 0 Å². The molecule has 2 aromatic rings. The Morgan fingerprint density at radius 2 is 1.79 bits per heavy atom. The molecule has 1 unspecified atom stereocenters. The second-order valence-electron chi connectivity index (χ2n) is 4.80. The SMILES string of the molecule is Fc1ccc(/C=C2\CC2C[Se]c2ccccc2)cc1. The van der Waals surface area contributed by atoms with Gasteiger partial charge in [0, 0.05) is 0 Å². The van der Waals surface area contributed by atoms with E-state index in [1.807, 2.05) is 12.1 Å². The van der Waals surface area contributed by atoms with Crippen molar-refractivity contribution in [2.75, 3.05) is 0 Å². The van der Waals surface area contributed by atoms with Gasteiger partial charge in [-0.3, -0.25) is 0 Å². The summed E-state index contributed by atoms with van der Waals surface area (Å²) in [4.78, 5) is 0. The summed E-state index contributed by atoms with van der Waals surface area (Å²) in [6.45, 7) is 0. The summed E-state index contributed by atoms with van der Waals surface area (Å²) >= 11 is 0.574. The first-order chi connectivity index (χ1) is 9.31. The van der Waals surface area contributed by atoms with Crippen molar-refractivity contribution in [3.63, 3.8) is 0 Å². The van der Waals surface area contributed by atoms with Crippen LogP contribution < -0.4 is 4.46 Å². The first-order valence-electron chi connectivity index (χ1n) is 6.45. The fraction of sp³-hybridized carbons (Fsp3) is 0.176. The van der Waals surface area contributed by atoms with Gasteiger partial charge in [-0.25, -0.2) is 0 Å². The molecule has 0 spiro atoms. The number of halogens is 1. The van der Waals surface area contributed by atoms with E-state index in [2.05, 4.69) is 36.4 Å². The molecule has 1 saturated carbocycles. The summed E-state index contributed by atoms with van der Waals surface area (Å²) in [6.07, 6.45) is 3.43. The predicted octanol–water partition coefficient (Wildman–Crippen LogP) is 3.68. The molecule has 0 bridgehead atoms. The zero-order valence-electron chi connectivity index (χ0n) is 10.6. The first-order valence-corrected chi connectivity index (χ1v) is 8.52. The molecule has 0 amide bonds. The Kier molecular flexibility index (Phi) is 3.81. The number of allylic oxidation sites excluding steroid dienone is 1. The van der Waals surface area contributed by atoms with Gasteiger partial charge in [-0.2, -0.15) is 0 Å². The standard InChI is InChI=1S/C17H15FSe/c18-16-8-6-13(7-9-16)10-14-11-15(14)12-19-17-4-2-1-3-5-17/h1-10,15H,11-12H2/b14-10+. The van der Waals surface area contributed by atoms with Crippen LogP contribution in [0.1, 0.15) is 12.0 Å². The molecular formula is C17H15FSe. The van der Waals surface area contributed by atoms with Crippen LogP contribution in [0.2, 0.25) is 5.32 Å². The summed E-state index contributed by atoms with van der Waals surface area (Å²) in [5.41, 5.74) is 2.63. The summed E-state index contributed by atoms with van der Waals surface area (Å²) in [5, 5.41) is 1.28. The van der Waals surface area contributed by atoms with Crippen LogP contribution in [0, 0.1) is 11.7 Å². The summed E-state index contributed by atoms with van der Waals surface area (Å²) in [5.74, 6) is 0.590. The normalized spacial score (nSPS) is 19.6. The molecular weight excluding hydrogens is 302 g/mol. The average molecular weight is 317 g/mol. The van der Waals surface area contributed by atoms with Crippen LogP contribution >= 0.6 is 0 Å². The molecule has 0 heterocycles. The van der Waals surface area contributed by atoms with E-state index in [4.69, 9.17) is 0 Å². The van der Waals surface area contributed by atoms with Crippen molar-refractivity contribution in [1.29, 1.82) is 0 Å². The van der Waals surface area contributed by atoms with Crippen LogP contribution in [-0.2, 0) is 0 Å². The van der Waals surface area contributed by atoms with Crippen LogP contribution in [0.3, 0.4) is 0 Å². The van der Waals surface area contributed by atoms with Crippen LogP contribution in [-0.4, -0.2) is 15.0 Å². The van der Waals surface area contributed by atoms with Gasteiger partial charge in [0.2, 0.25) is 0 Å². The molecule has 1 aliphatic rings. The zero-order valence-corrected chi connectivity index (χ0v) is 12.3. The molecule has 96 valence electrons. The molecule has 3 rings (SSSR count). The first kappa shape index (κ1) is 12.7. The molecule has 0 radical (unpaired) electrons. The molecule has 0 N–H and O–H groups in total. The number of rotatable bonds is 4.